The molecule has 166 valence electrons. The van der Waals surface area contributed by atoms with Crippen molar-refractivity contribution >= 4 is 28.8 Å². The van der Waals surface area contributed by atoms with Crippen molar-refractivity contribution in [1.29, 1.82) is 0 Å². The number of rotatable bonds is 7. The summed E-state index contributed by atoms with van der Waals surface area (Å²) in [4.78, 5) is 39.6. The van der Waals surface area contributed by atoms with Gasteiger partial charge < -0.3 is 10.2 Å². The van der Waals surface area contributed by atoms with Crippen LogP contribution in [0.5, 0.6) is 0 Å². The maximum absolute atomic E-state index is 13.1. The molecule has 9 nitrogen and oxygen atoms in total. The largest absolute Gasteiger partial charge is 0.339 e. The van der Waals surface area contributed by atoms with Crippen LogP contribution in [0.3, 0.4) is 0 Å². The molecule has 32 heavy (non-hydrogen) atoms. The number of carbonyl (C=O) groups is 2. The van der Waals surface area contributed by atoms with Crippen LogP contribution in [0.4, 0.5) is 5.69 Å². The summed E-state index contributed by atoms with van der Waals surface area (Å²) in [5.74, 6) is -0.538. The number of hydrogen-bond acceptors (Lipinski definition) is 6. The zero-order valence-corrected chi connectivity index (χ0v) is 18.4. The number of thiophene rings is 1. The lowest BCUT2D eigenvalue weighted by Crippen LogP contribution is -2.49. The van der Waals surface area contributed by atoms with Crippen LogP contribution in [0.1, 0.15) is 40.7 Å². The van der Waals surface area contributed by atoms with Crippen molar-refractivity contribution in [2.24, 2.45) is 0 Å². The average Bonchev–Trinajstić information content (AvgIpc) is 3.47. The van der Waals surface area contributed by atoms with E-state index in [2.05, 4.69) is 10.4 Å². The summed E-state index contributed by atoms with van der Waals surface area (Å²) < 4.78 is 1.40. The summed E-state index contributed by atoms with van der Waals surface area (Å²) >= 11 is 1.71. The van der Waals surface area contributed by atoms with Gasteiger partial charge in [-0.2, -0.15) is 5.10 Å². The molecule has 0 bridgehead atoms. The molecule has 10 heteroatoms. The molecule has 3 aromatic rings. The van der Waals surface area contributed by atoms with Crippen LogP contribution in [0.2, 0.25) is 0 Å². The number of benzene rings is 1. The molecule has 0 radical (unpaired) electrons. The third-order valence-electron chi connectivity index (χ3n) is 5.43. The van der Waals surface area contributed by atoms with Gasteiger partial charge in [-0.1, -0.05) is 19.4 Å². The zero-order valence-electron chi connectivity index (χ0n) is 17.6. The van der Waals surface area contributed by atoms with Crippen molar-refractivity contribution in [3.8, 4) is 5.69 Å². The summed E-state index contributed by atoms with van der Waals surface area (Å²) in [6.07, 6.45) is 3.67. The molecule has 1 N–H and O–H groups in total. The third-order valence-corrected chi connectivity index (χ3v) is 6.45. The van der Waals surface area contributed by atoms with Crippen LogP contribution in [0, 0.1) is 10.1 Å². The minimum atomic E-state index is -0.629. The first-order valence-corrected chi connectivity index (χ1v) is 11.3. The molecule has 0 spiro atoms. The lowest BCUT2D eigenvalue weighted by atomic mass is 10.1. The Morgan fingerprint density at radius 3 is 2.94 bits per heavy atom. The van der Waals surface area contributed by atoms with Gasteiger partial charge in [-0.3, -0.25) is 19.7 Å². The second-order valence-corrected chi connectivity index (χ2v) is 8.62. The normalized spacial score (nSPS) is 14.0. The average molecular weight is 454 g/mol. The fourth-order valence-corrected chi connectivity index (χ4v) is 4.66. The number of nitro benzene ring substituents is 1. The Bertz CT molecular complexity index is 1150. The standard InChI is InChI=1S/C22H23N5O4S/c1-2-4-19(22(29)25-10-8-20-15(14-25)9-12-32-20)23-21(28)18-7-11-26(24-18)16-5-3-6-17(13-16)27(30)31/h3,5-7,9,11-13,19H,2,4,8,10,14H2,1H3,(H,23,28). The summed E-state index contributed by atoms with van der Waals surface area (Å²) in [7, 11) is 0. The first-order chi connectivity index (χ1) is 15.5. The number of hydrogen-bond donors (Lipinski definition) is 1. The van der Waals surface area contributed by atoms with E-state index in [0.29, 0.717) is 25.2 Å². The Balaban J connectivity index is 1.46. The topological polar surface area (TPSA) is 110 Å². The Morgan fingerprint density at radius 1 is 1.31 bits per heavy atom. The Morgan fingerprint density at radius 2 is 2.16 bits per heavy atom. The van der Waals surface area contributed by atoms with Gasteiger partial charge >= 0.3 is 0 Å². The van der Waals surface area contributed by atoms with Crippen molar-refractivity contribution in [1.82, 2.24) is 20.0 Å². The molecule has 4 rings (SSSR count). The van der Waals surface area contributed by atoms with Crippen LogP contribution in [-0.2, 0) is 17.8 Å². The molecule has 0 saturated carbocycles. The summed E-state index contributed by atoms with van der Waals surface area (Å²) in [5.41, 5.74) is 1.73. The lowest BCUT2D eigenvalue weighted by molar-refractivity contribution is -0.384. The molecule has 1 atom stereocenters. The van der Waals surface area contributed by atoms with E-state index >= 15 is 0 Å². The molecule has 0 saturated heterocycles. The first-order valence-electron chi connectivity index (χ1n) is 10.4. The van der Waals surface area contributed by atoms with Crippen LogP contribution >= 0.6 is 11.3 Å². The van der Waals surface area contributed by atoms with E-state index in [4.69, 9.17) is 0 Å². The SMILES string of the molecule is CCCC(NC(=O)c1ccn(-c2cccc([N+](=O)[O-])c2)n1)C(=O)N1CCc2sccc2C1. The van der Waals surface area contributed by atoms with Gasteiger partial charge in [0.2, 0.25) is 5.91 Å². The molecule has 2 amide bonds. The number of non-ortho nitro benzene ring substituents is 1. The quantitative estimate of drug-likeness (QED) is 0.436. The molecule has 1 aliphatic rings. The van der Waals surface area contributed by atoms with Crippen LogP contribution < -0.4 is 5.32 Å². The van der Waals surface area contributed by atoms with E-state index < -0.39 is 16.9 Å². The van der Waals surface area contributed by atoms with Crippen LogP contribution in [0.25, 0.3) is 5.69 Å². The summed E-state index contributed by atoms with van der Waals surface area (Å²) in [5, 5.41) is 20.1. The zero-order chi connectivity index (χ0) is 22.7. The predicted molar refractivity (Wildman–Crippen MR) is 120 cm³/mol. The van der Waals surface area contributed by atoms with E-state index in [1.54, 1.807) is 34.6 Å². The highest BCUT2D eigenvalue weighted by Crippen LogP contribution is 2.24. The molecule has 3 heterocycles. The van der Waals surface area contributed by atoms with Gasteiger partial charge in [0.15, 0.2) is 5.69 Å². The number of fused-ring (bicyclic) bond motifs is 1. The van der Waals surface area contributed by atoms with E-state index in [0.717, 1.165) is 12.8 Å². The van der Waals surface area contributed by atoms with Gasteiger partial charge in [0.1, 0.15) is 6.04 Å². The number of nitrogens with zero attached hydrogens (tertiary/aromatic N) is 4. The van der Waals surface area contributed by atoms with Crippen LogP contribution in [0.15, 0.2) is 48.0 Å². The summed E-state index contributed by atoms with van der Waals surface area (Å²) in [6.45, 7) is 3.18. The predicted octanol–water partition coefficient (Wildman–Crippen LogP) is 3.33. The van der Waals surface area contributed by atoms with Crippen molar-refractivity contribution < 1.29 is 14.5 Å². The number of nitrogens with one attached hydrogen (secondary N) is 1. The highest BCUT2D eigenvalue weighted by molar-refractivity contribution is 7.10. The number of carbonyl (C=O) groups excluding carboxylic acids is 2. The van der Waals surface area contributed by atoms with Gasteiger partial charge in [-0.15, -0.1) is 11.3 Å². The Hall–Kier alpha value is -3.53. The van der Waals surface area contributed by atoms with Gasteiger partial charge in [-0.05, 0) is 42.0 Å². The van der Waals surface area contributed by atoms with Gasteiger partial charge in [-0.25, -0.2) is 4.68 Å². The second-order valence-electron chi connectivity index (χ2n) is 7.62. The van der Waals surface area contributed by atoms with Crippen molar-refractivity contribution in [2.45, 2.75) is 38.8 Å². The molecule has 1 unspecified atom stereocenters. The number of amides is 2. The van der Waals surface area contributed by atoms with E-state index in [1.165, 1.54) is 33.3 Å². The lowest BCUT2D eigenvalue weighted by Gasteiger charge is -2.30. The molecule has 2 aromatic heterocycles. The number of nitro groups is 1. The molecule has 1 aliphatic heterocycles. The number of aromatic nitrogens is 2. The minimum absolute atomic E-state index is 0.0621. The van der Waals surface area contributed by atoms with Gasteiger partial charge in [0, 0.05) is 36.3 Å². The van der Waals surface area contributed by atoms with E-state index in [-0.39, 0.29) is 17.3 Å². The maximum atomic E-state index is 13.1. The fourth-order valence-electron chi connectivity index (χ4n) is 3.77. The molecular formula is C22H23N5O4S. The highest BCUT2D eigenvalue weighted by Gasteiger charge is 2.29. The minimum Gasteiger partial charge on any atom is -0.339 e. The second kappa shape index (κ2) is 9.31. The monoisotopic (exact) mass is 453 g/mol. The van der Waals surface area contributed by atoms with Crippen molar-refractivity contribution in [3.05, 3.63) is 74.2 Å². The maximum Gasteiger partial charge on any atom is 0.272 e. The molecular weight excluding hydrogens is 430 g/mol. The summed E-state index contributed by atoms with van der Waals surface area (Å²) in [6, 6.07) is 8.94. The van der Waals surface area contributed by atoms with Crippen molar-refractivity contribution in [3.63, 3.8) is 0 Å². The Kier molecular flexibility index (Phi) is 6.31. The van der Waals surface area contributed by atoms with Crippen molar-refractivity contribution in [2.75, 3.05) is 6.54 Å². The molecule has 0 fully saturated rings. The van der Waals surface area contributed by atoms with E-state index in [1.807, 2.05) is 18.4 Å². The van der Waals surface area contributed by atoms with Gasteiger partial charge in [0.05, 0.1) is 10.6 Å². The van der Waals surface area contributed by atoms with Crippen LogP contribution in [-0.4, -0.2) is 44.0 Å². The molecule has 0 aliphatic carbocycles. The third kappa shape index (κ3) is 4.54. The van der Waals surface area contributed by atoms with Gasteiger partial charge in [0.25, 0.3) is 11.6 Å². The smallest absolute Gasteiger partial charge is 0.272 e. The fraction of sp³-hybridized carbons (Fsp3) is 0.318. The van der Waals surface area contributed by atoms with E-state index in [9.17, 15) is 19.7 Å². The Labute approximate surface area is 188 Å². The first kappa shape index (κ1) is 21.7. The highest BCUT2D eigenvalue weighted by atomic mass is 32.1. The molecule has 1 aromatic carbocycles.